The summed E-state index contributed by atoms with van der Waals surface area (Å²) in [5, 5.41) is 2.81. The van der Waals surface area contributed by atoms with Gasteiger partial charge in [-0.2, -0.15) is 0 Å². The van der Waals surface area contributed by atoms with Gasteiger partial charge in [0.25, 0.3) is 5.91 Å². The van der Waals surface area contributed by atoms with Crippen molar-refractivity contribution in [2.24, 2.45) is 5.92 Å². The van der Waals surface area contributed by atoms with Crippen molar-refractivity contribution < 1.29 is 32.2 Å². The Bertz CT molecular complexity index is 896. The summed E-state index contributed by atoms with van der Waals surface area (Å²) < 4.78 is 45.9. The second-order valence-electron chi connectivity index (χ2n) is 7.02. The van der Waals surface area contributed by atoms with Crippen molar-refractivity contribution in [2.75, 3.05) is 19.0 Å². The molecule has 1 fully saturated rings. The van der Waals surface area contributed by atoms with Crippen LogP contribution in [0.25, 0.3) is 0 Å². The van der Waals surface area contributed by atoms with E-state index in [-0.39, 0.29) is 36.6 Å². The predicted molar refractivity (Wildman–Crippen MR) is 103 cm³/mol. The number of ether oxygens (including phenoxy) is 2. The zero-order chi connectivity index (χ0) is 21.7. The van der Waals surface area contributed by atoms with Gasteiger partial charge in [-0.15, -0.1) is 13.2 Å². The molecule has 0 unspecified atom stereocenters. The Labute approximate surface area is 171 Å². The molecular formula is C21H21F3N2O4. The second kappa shape index (κ2) is 9.06. The molecule has 0 saturated heterocycles. The van der Waals surface area contributed by atoms with Gasteiger partial charge in [0, 0.05) is 31.3 Å². The Morgan fingerprint density at radius 1 is 1.10 bits per heavy atom. The van der Waals surface area contributed by atoms with Crippen LogP contribution >= 0.6 is 0 Å². The number of nitrogens with one attached hydrogen (secondary N) is 1. The van der Waals surface area contributed by atoms with Crippen molar-refractivity contribution in [2.45, 2.75) is 25.7 Å². The molecular weight excluding hydrogens is 401 g/mol. The summed E-state index contributed by atoms with van der Waals surface area (Å²) in [6, 6.07) is 12.1. The molecule has 2 aromatic carbocycles. The summed E-state index contributed by atoms with van der Waals surface area (Å²) >= 11 is 0. The number of rotatable bonds is 8. The number of alkyl halides is 3. The molecule has 0 radical (unpaired) electrons. The van der Waals surface area contributed by atoms with Gasteiger partial charge in [0.15, 0.2) is 6.61 Å². The number of likely N-dealkylation sites (N-methyl/N-ethyl adjacent to an activating group) is 1. The molecule has 30 heavy (non-hydrogen) atoms. The molecule has 0 aromatic heterocycles. The number of hydrogen-bond donors (Lipinski definition) is 1. The molecule has 1 aliphatic rings. The van der Waals surface area contributed by atoms with Crippen molar-refractivity contribution in [3.63, 3.8) is 0 Å². The topological polar surface area (TPSA) is 67.9 Å². The first-order valence-electron chi connectivity index (χ1n) is 9.32. The summed E-state index contributed by atoms with van der Waals surface area (Å²) in [7, 11) is 1.57. The molecule has 0 heterocycles. The number of halogens is 3. The number of amides is 2. The van der Waals surface area contributed by atoms with Gasteiger partial charge in [-0.25, -0.2) is 0 Å². The maximum Gasteiger partial charge on any atom is 0.573 e. The predicted octanol–water partition coefficient (Wildman–Crippen LogP) is 3.97. The number of carbonyl (C=O) groups excluding carboxylic acids is 2. The lowest BCUT2D eigenvalue weighted by Gasteiger charge is -2.18. The van der Waals surface area contributed by atoms with E-state index in [4.69, 9.17) is 4.74 Å². The largest absolute Gasteiger partial charge is 0.573 e. The van der Waals surface area contributed by atoms with Crippen LogP contribution in [-0.2, 0) is 16.1 Å². The minimum absolute atomic E-state index is 0.0189. The van der Waals surface area contributed by atoms with E-state index in [1.165, 1.54) is 29.2 Å². The molecule has 1 saturated carbocycles. The molecule has 160 valence electrons. The fraction of sp³-hybridized carbons (Fsp3) is 0.333. The van der Waals surface area contributed by atoms with Crippen LogP contribution < -0.4 is 14.8 Å². The maximum atomic E-state index is 12.3. The number of carbonyl (C=O) groups is 2. The van der Waals surface area contributed by atoms with E-state index < -0.39 is 6.36 Å². The lowest BCUT2D eigenvalue weighted by molar-refractivity contribution is -0.274. The Morgan fingerprint density at radius 2 is 1.80 bits per heavy atom. The summed E-state index contributed by atoms with van der Waals surface area (Å²) in [5.41, 5.74) is 1.25. The van der Waals surface area contributed by atoms with Crippen LogP contribution in [0.1, 0.15) is 18.4 Å². The number of nitrogens with zero attached hydrogens (tertiary/aromatic N) is 1. The van der Waals surface area contributed by atoms with Crippen molar-refractivity contribution in [3.8, 4) is 11.5 Å². The van der Waals surface area contributed by atoms with E-state index in [0.29, 0.717) is 17.0 Å². The Kier molecular flexibility index (Phi) is 6.49. The molecule has 0 aliphatic heterocycles. The van der Waals surface area contributed by atoms with E-state index in [1.807, 2.05) is 0 Å². The third kappa shape index (κ3) is 6.68. The SMILES string of the molecule is CN(Cc1ccc(OC(F)(F)F)cc1)C(=O)COc1cccc(NC(=O)C2CC2)c1. The Balaban J connectivity index is 1.48. The first-order valence-corrected chi connectivity index (χ1v) is 9.32. The van der Waals surface area contributed by atoms with Crippen LogP contribution in [0.2, 0.25) is 0 Å². The van der Waals surface area contributed by atoms with Gasteiger partial charge in [-0.3, -0.25) is 9.59 Å². The highest BCUT2D eigenvalue weighted by Crippen LogP contribution is 2.30. The molecule has 3 rings (SSSR count). The molecule has 9 heteroatoms. The highest BCUT2D eigenvalue weighted by Gasteiger charge is 2.31. The Morgan fingerprint density at radius 3 is 2.43 bits per heavy atom. The molecule has 0 atom stereocenters. The van der Waals surface area contributed by atoms with Crippen LogP contribution in [0, 0.1) is 5.92 Å². The van der Waals surface area contributed by atoms with Crippen molar-refractivity contribution in [1.29, 1.82) is 0 Å². The monoisotopic (exact) mass is 422 g/mol. The van der Waals surface area contributed by atoms with E-state index in [1.54, 1.807) is 31.3 Å². The highest BCUT2D eigenvalue weighted by atomic mass is 19.4. The summed E-state index contributed by atoms with van der Waals surface area (Å²) in [6.45, 7) is -0.0161. The van der Waals surface area contributed by atoms with E-state index in [9.17, 15) is 22.8 Å². The molecule has 2 amide bonds. The maximum absolute atomic E-state index is 12.3. The number of anilines is 1. The first kappa shape index (κ1) is 21.5. The summed E-state index contributed by atoms with van der Waals surface area (Å²) in [4.78, 5) is 25.5. The van der Waals surface area contributed by atoms with Gasteiger partial charge in [0.1, 0.15) is 11.5 Å². The third-order valence-corrected chi connectivity index (χ3v) is 4.41. The molecule has 1 N–H and O–H groups in total. The number of benzene rings is 2. The van der Waals surface area contributed by atoms with Gasteiger partial charge in [-0.1, -0.05) is 18.2 Å². The summed E-state index contributed by atoms with van der Waals surface area (Å²) in [5.74, 6) is -0.122. The minimum Gasteiger partial charge on any atom is -0.484 e. The van der Waals surface area contributed by atoms with Crippen LogP contribution in [0.3, 0.4) is 0 Å². The normalized spacial score (nSPS) is 13.5. The van der Waals surface area contributed by atoms with Crippen molar-refractivity contribution in [1.82, 2.24) is 4.90 Å². The van der Waals surface area contributed by atoms with Gasteiger partial charge in [-0.05, 0) is 42.7 Å². The van der Waals surface area contributed by atoms with Crippen LogP contribution in [-0.4, -0.2) is 36.7 Å². The fourth-order valence-corrected chi connectivity index (χ4v) is 2.67. The number of hydrogen-bond acceptors (Lipinski definition) is 4. The van der Waals surface area contributed by atoms with Gasteiger partial charge >= 0.3 is 6.36 Å². The molecule has 0 spiro atoms. The fourth-order valence-electron chi connectivity index (χ4n) is 2.67. The summed E-state index contributed by atoms with van der Waals surface area (Å²) in [6.07, 6.45) is -2.94. The standard InChI is InChI=1S/C21H21F3N2O4/c1-26(12-14-5-9-17(10-6-14)30-21(22,23)24)19(27)13-29-18-4-2-3-16(11-18)25-20(28)15-7-8-15/h2-6,9-11,15H,7-8,12-13H2,1H3,(H,25,28). The molecule has 2 aromatic rings. The quantitative estimate of drug-likeness (QED) is 0.699. The van der Waals surface area contributed by atoms with Gasteiger partial charge in [0.2, 0.25) is 5.91 Å². The second-order valence-corrected chi connectivity index (χ2v) is 7.02. The average Bonchev–Trinajstić information content (AvgIpc) is 3.52. The van der Waals surface area contributed by atoms with Crippen LogP contribution in [0.4, 0.5) is 18.9 Å². The molecule has 1 aliphatic carbocycles. The first-order chi connectivity index (χ1) is 14.2. The van der Waals surface area contributed by atoms with E-state index in [0.717, 1.165) is 12.8 Å². The lowest BCUT2D eigenvalue weighted by Crippen LogP contribution is -2.31. The molecule has 6 nitrogen and oxygen atoms in total. The van der Waals surface area contributed by atoms with E-state index in [2.05, 4.69) is 10.1 Å². The average molecular weight is 422 g/mol. The van der Waals surface area contributed by atoms with E-state index >= 15 is 0 Å². The Hall–Kier alpha value is -3.23. The molecule has 0 bridgehead atoms. The van der Waals surface area contributed by atoms with Crippen molar-refractivity contribution in [3.05, 3.63) is 54.1 Å². The van der Waals surface area contributed by atoms with Crippen molar-refractivity contribution >= 4 is 17.5 Å². The zero-order valence-corrected chi connectivity index (χ0v) is 16.2. The lowest BCUT2D eigenvalue weighted by atomic mass is 10.2. The van der Waals surface area contributed by atoms with Gasteiger partial charge in [0.05, 0.1) is 0 Å². The zero-order valence-electron chi connectivity index (χ0n) is 16.2. The third-order valence-electron chi connectivity index (χ3n) is 4.41. The van der Waals surface area contributed by atoms with Crippen LogP contribution in [0.5, 0.6) is 11.5 Å². The minimum atomic E-state index is -4.75. The van der Waals surface area contributed by atoms with Crippen LogP contribution in [0.15, 0.2) is 48.5 Å². The smallest absolute Gasteiger partial charge is 0.484 e. The van der Waals surface area contributed by atoms with Gasteiger partial charge < -0.3 is 19.7 Å². The highest BCUT2D eigenvalue weighted by molar-refractivity contribution is 5.94.